The number of amides is 1. The van der Waals surface area contributed by atoms with Crippen LogP contribution < -0.4 is 5.32 Å². The minimum atomic E-state index is -0.744. The Bertz CT molecular complexity index is 616. The zero-order valence-corrected chi connectivity index (χ0v) is 11.4. The number of hydrogen-bond acceptors (Lipinski definition) is 2. The summed E-state index contributed by atoms with van der Waals surface area (Å²) in [5.41, 5.74) is 0.815. The van der Waals surface area contributed by atoms with Crippen molar-refractivity contribution in [2.24, 2.45) is 0 Å². The van der Waals surface area contributed by atoms with Crippen LogP contribution in [0.5, 0.6) is 5.75 Å². The van der Waals surface area contributed by atoms with Crippen LogP contribution in [0, 0.1) is 5.82 Å². The molecule has 2 rings (SSSR count). The monoisotopic (exact) mass is 323 g/mol. The first-order valence-corrected chi connectivity index (χ1v) is 6.37. The highest BCUT2D eigenvalue weighted by Gasteiger charge is 2.11. The van der Waals surface area contributed by atoms with Gasteiger partial charge in [-0.2, -0.15) is 0 Å². The maximum atomic E-state index is 13.5. The Hall–Kier alpha value is -1.88. The number of halogens is 2. The molecular weight excluding hydrogens is 313 g/mol. The molecule has 2 aromatic rings. The van der Waals surface area contributed by atoms with E-state index in [0.29, 0.717) is 6.54 Å². The van der Waals surface area contributed by atoms with E-state index >= 15 is 0 Å². The largest absolute Gasteiger partial charge is 0.508 e. The van der Waals surface area contributed by atoms with Crippen LogP contribution in [0.3, 0.4) is 0 Å². The van der Waals surface area contributed by atoms with Gasteiger partial charge in [0, 0.05) is 17.1 Å². The topological polar surface area (TPSA) is 49.3 Å². The molecule has 1 amide bonds. The smallest absolute Gasteiger partial charge is 0.254 e. The van der Waals surface area contributed by atoms with E-state index < -0.39 is 11.7 Å². The van der Waals surface area contributed by atoms with Crippen molar-refractivity contribution in [1.29, 1.82) is 0 Å². The maximum Gasteiger partial charge on any atom is 0.254 e. The fourth-order valence-corrected chi connectivity index (χ4v) is 2.06. The third kappa shape index (κ3) is 3.54. The van der Waals surface area contributed by atoms with Crippen molar-refractivity contribution in [3.8, 4) is 5.75 Å². The summed E-state index contributed by atoms with van der Waals surface area (Å²) in [4.78, 5) is 11.8. The average molecular weight is 324 g/mol. The van der Waals surface area contributed by atoms with Gasteiger partial charge in [-0.1, -0.05) is 28.1 Å². The molecule has 0 radical (unpaired) electrons. The molecule has 5 heteroatoms. The SMILES string of the molecule is O=C(NCc1cccc(Br)c1)c1ccc(O)cc1F. The van der Waals surface area contributed by atoms with E-state index in [9.17, 15) is 9.18 Å². The van der Waals surface area contributed by atoms with Gasteiger partial charge in [0.15, 0.2) is 0 Å². The molecule has 0 aliphatic carbocycles. The molecule has 19 heavy (non-hydrogen) atoms. The molecule has 0 aromatic heterocycles. The lowest BCUT2D eigenvalue weighted by molar-refractivity contribution is 0.0947. The first-order valence-electron chi connectivity index (χ1n) is 5.57. The lowest BCUT2D eigenvalue weighted by atomic mass is 10.1. The Balaban J connectivity index is 2.05. The van der Waals surface area contributed by atoms with E-state index in [1.807, 2.05) is 24.3 Å². The van der Waals surface area contributed by atoms with Crippen LogP contribution in [0.4, 0.5) is 4.39 Å². The van der Waals surface area contributed by atoms with Crippen molar-refractivity contribution in [2.75, 3.05) is 0 Å². The van der Waals surface area contributed by atoms with E-state index in [2.05, 4.69) is 21.2 Å². The molecule has 98 valence electrons. The summed E-state index contributed by atoms with van der Waals surface area (Å²) >= 11 is 3.33. The predicted molar refractivity (Wildman–Crippen MR) is 73.4 cm³/mol. The highest BCUT2D eigenvalue weighted by Crippen LogP contribution is 2.15. The molecule has 0 unspecified atom stereocenters. The van der Waals surface area contributed by atoms with Crippen LogP contribution in [0.25, 0.3) is 0 Å². The van der Waals surface area contributed by atoms with Gasteiger partial charge in [0.1, 0.15) is 11.6 Å². The van der Waals surface area contributed by atoms with Gasteiger partial charge in [-0.15, -0.1) is 0 Å². The normalized spacial score (nSPS) is 10.2. The summed E-state index contributed by atoms with van der Waals surface area (Å²) in [6.07, 6.45) is 0. The number of nitrogens with one attached hydrogen (secondary N) is 1. The third-order valence-electron chi connectivity index (χ3n) is 2.54. The van der Waals surface area contributed by atoms with Crippen molar-refractivity contribution < 1.29 is 14.3 Å². The van der Waals surface area contributed by atoms with E-state index in [1.54, 1.807) is 0 Å². The summed E-state index contributed by atoms with van der Waals surface area (Å²) in [7, 11) is 0. The Morgan fingerprint density at radius 3 is 2.74 bits per heavy atom. The van der Waals surface area contributed by atoms with E-state index in [-0.39, 0.29) is 11.3 Å². The lowest BCUT2D eigenvalue weighted by Gasteiger charge is -2.07. The minimum Gasteiger partial charge on any atom is -0.508 e. The van der Waals surface area contributed by atoms with Crippen LogP contribution in [0.15, 0.2) is 46.9 Å². The Morgan fingerprint density at radius 2 is 2.05 bits per heavy atom. The predicted octanol–water partition coefficient (Wildman–Crippen LogP) is 3.22. The third-order valence-corrected chi connectivity index (χ3v) is 3.03. The van der Waals surface area contributed by atoms with E-state index in [4.69, 9.17) is 5.11 Å². The summed E-state index contributed by atoms with van der Waals surface area (Å²) in [5.74, 6) is -1.47. The molecule has 0 aliphatic rings. The van der Waals surface area contributed by atoms with Gasteiger partial charge >= 0.3 is 0 Å². The molecule has 0 fully saturated rings. The van der Waals surface area contributed by atoms with Crippen LogP contribution in [-0.2, 0) is 6.54 Å². The minimum absolute atomic E-state index is 0.0900. The molecule has 0 saturated carbocycles. The molecule has 2 aromatic carbocycles. The van der Waals surface area contributed by atoms with Gasteiger partial charge in [-0.05, 0) is 29.8 Å². The van der Waals surface area contributed by atoms with Crippen molar-refractivity contribution in [3.05, 3.63) is 63.9 Å². The molecule has 3 nitrogen and oxygen atoms in total. The number of aromatic hydroxyl groups is 1. The van der Waals surface area contributed by atoms with Gasteiger partial charge in [0.25, 0.3) is 5.91 Å². The quantitative estimate of drug-likeness (QED) is 0.911. The summed E-state index contributed by atoms with van der Waals surface area (Å²) in [6, 6.07) is 10.9. The van der Waals surface area contributed by atoms with E-state index in [1.165, 1.54) is 12.1 Å². The van der Waals surface area contributed by atoms with Crippen LogP contribution >= 0.6 is 15.9 Å². The first-order chi connectivity index (χ1) is 9.06. The number of carbonyl (C=O) groups is 1. The summed E-state index contributed by atoms with van der Waals surface area (Å²) < 4.78 is 14.4. The van der Waals surface area contributed by atoms with Crippen LogP contribution in [0.1, 0.15) is 15.9 Å². The van der Waals surface area contributed by atoms with Gasteiger partial charge < -0.3 is 10.4 Å². The van der Waals surface area contributed by atoms with Gasteiger partial charge in [-0.25, -0.2) is 4.39 Å². The van der Waals surface area contributed by atoms with Gasteiger partial charge in [0.05, 0.1) is 5.56 Å². The Morgan fingerprint density at radius 1 is 1.26 bits per heavy atom. The fourth-order valence-electron chi connectivity index (χ4n) is 1.61. The summed E-state index contributed by atoms with van der Waals surface area (Å²) in [6.45, 7) is 0.304. The van der Waals surface area contributed by atoms with E-state index in [0.717, 1.165) is 16.1 Å². The van der Waals surface area contributed by atoms with Crippen LogP contribution in [0.2, 0.25) is 0 Å². The average Bonchev–Trinajstić information content (AvgIpc) is 2.36. The molecule has 0 atom stereocenters. The molecule has 0 heterocycles. The Labute approximate surface area is 118 Å². The standard InChI is InChI=1S/C14H11BrFNO2/c15-10-3-1-2-9(6-10)8-17-14(19)12-5-4-11(18)7-13(12)16/h1-7,18H,8H2,(H,17,19). The first kappa shape index (κ1) is 13.5. The molecule has 0 aliphatic heterocycles. The highest BCUT2D eigenvalue weighted by molar-refractivity contribution is 9.10. The van der Waals surface area contributed by atoms with Crippen molar-refractivity contribution in [3.63, 3.8) is 0 Å². The number of benzene rings is 2. The number of hydrogen-bond donors (Lipinski definition) is 2. The summed E-state index contributed by atoms with van der Waals surface area (Å²) in [5, 5.41) is 11.7. The zero-order chi connectivity index (χ0) is 13.8. The second-order valence-corrected chi connectivity index (χ2v) is 4.89. The molecule has 2 N–H and O–H groups in total. The molecule has 0 saturated heterocycles. The fraction of sp³-hybridized carbons (Fsp3) is 0.0714. The second kappa shape index (κ2) is 5.84. The number of carbonyl (C=O) groups excluding carboxylic acids is 1. The van der Waals surface area contributed by atoms with Crippen molar-refractivity contribution in [2.45, 2.75) is 6.54 Å². The van der Waals surface area contributed by atoms with Crippen molar-refractivity contribution in [1.82, 2.24) is 5.32 Å². The number of rotatable bonds is 3. The van der Waals surface area contributed by atoms with Gasteiger partial charge in [0.2, 0.25) is 0 Å². The lowest BCUT2D eigenvalue weighted by Crippen LogP contribution is -2.23. The van der Waals surface area contributed by atoms with Crippen LogP contribution in [-0.4, -0.2) is 11.0 Å². The highest BCUT2D eigenvalue weighted by atomic mass is 79.9. The zero-order valence-electron chi connectivity index (χ0n) is 9.86. The van der Waals surface area contributed by atoms with Gasteiger partial charge in [-0.3, -0.25) is 4.79 Å². The van der Waals surface area contributed by atoms with Crippen molar-refractivity contribution >= 4 is 21.8 Å². The number of phenols is 1. The molecule has 0 spiro atoms. The molecule has 0 bridgehead atoms. The number of phenolic OH excluding ortho intramolecular Hbond substituents is 1. The second-order valence-electron chi connectivity index (χ2n) is 3.98. The maximum absolute atomic E-state index is 13.5. The Kier molecular flexibility index (Phi) is 4.16. The molecular formula is C14H11BrFNO2.